The maximum Gasteiger partial charge on any atom is 0.222 e. The molecule has 82 valence electrons. The summed E-state index contributed by atoms with van der Waals surface area (Å²) in [6, 6.07) is 0. The largest absolute Gasteiger partial charge is 0.393 e. The molecule has 1 saturated carbocycles. The molecule has 4 nitrogen and oxygen atoms in total. The summed E-state index contributed by atoms with van der Waals surface area (Å²) in [5, 5.41) is 12.6. The summed E-state index contributed by atoms with van der Waals surface area (Å²) >= 11 is 0. The number of nitrogens with zero attached hydrogens (tertiary/aromatic N) is 2. The molecule has 1 aromatic heterocycles. The van der Waals surface area contributed by atoms with Crippen molar-refractivity contribution in [3.05, 3.63) is 18.0 Å². The molecule has 2 atom stereocenters. The molecule has 2 rings (SSSR count). The zero-order valence-corrected chi connectivity index (χ0v) is 8.98. The lowest BCUT2D eigenvalue weighted by molar-refractivity contribution is 0.178. The van der Waals surface area contributed by atoms with Gasteiger partial charge in [-0.25, -0.2) is 9.97 Å². The summed E-state index contributed by atoms with van der Waals surface area (Å²) < 4.78 is 0. The number of nitrogens with one attached hydrogen (secondary N) is 1. The average Bonchev–Trinajstić information content (AvgIpc) is 2.64. The Kier molecular flexibility index (Phi) is 3.16. The van der Waals surface area contributed by atoms with Gasteiger partial charge >= 0.3 is 0 Å². The first-order valence-electron chi connectivity index (χ1n) is 5.44. The molecule has 0 aliphatic heterocycles. The number of aliphatic hydroxyl groups is 1. The normalized spacial score (nSPS) is 25.5. The highest BCUT2D eigenvalue weighted by atomic mass is 16.3. The summed E-state index contributed by atoms with van der Waals surface area (Å²) in [7, 11) is 0. The van der Waals surface area contributed by atoms with E-state index in [0.29, 0.717) is 11.9 Å². The highest BCUT2D eigenvalue weighted by Gasteiger charge is 2.22. The number of aliphatic hydroxyl groups excluding tert-OH is 1. The van der Waals surface area contributed by atoms with Crippen molar-refractivity contribution in [1.29, 1.82) is 0 Å². The Balaban J connectivity index is 1.80. The molecule has 0 spiro atoms. The molecule has 1 aliphatic rings. The van der Waals surface area contributed by atoms with Crippen molar-refractivity contribution in [3.8, 4) is 0 Å². The molecule has 2 N–H and O–H groups in total. The third-order valence-corrected chi connectivity index (χ3v) is 2.84. The fourth-order valence-electron chi connectivity index (χ4n) is 1.95. The lowest BCUT2D eigenvalue weighted by Gasteiger charge is -2.10. The molecular formula is C11H17N3O. The van der Waals surface area contributed by atoms with Crippen LogP contribution in [0.1, 0.15) is 24.8 Å². The average molecular weight is 207 g/mol. The van der Waals surface area contributed by atoms with Crippen LogP contribution < -0.4 is 5.32 Å². The Labute approximate surface area is 89.8 Å². The predicted molar refractivity (Wildman–Crippen MR) is 58.6 cm³/mol. The Hall–Kier alpha value is -1.16. The second-order valence-corrected chi connectivity index (χ2v) is 4.30. The van der Waals surface area contributed by atoms with E-state index in [9.17, 15) is 5.11 Å². The van der Waals surface area contributed by atoms with Gasteiger partial charge in [0.25, 0.3) is 0 Å². The molecule has 0 saturated heterocycles. The summed E-state index contributed by atoms with van der Waals surface area (Å²) in [5.41, 5.74) is 1.07. The van der Waals surface area contributed by atoms with Gasteiger partial charge in [-0.05, 0) is 37.7 Å². The minimum atomic E-state index is -0.101. The zero-order valence-electron chi connectivity index (χ0n) is 8.98. The summed E-state index contributed by atoms with van der Waals surface area (Å²) in [6.45, 7) is 2.83. The highest BCUT2D eigenvalue weighted by Crippen LogP contribution is 2.25. The van der Waals surface area contributed by atoms with Crippen LogP contribution in [0.4, 0.5) is 5.95 Å². The van der Waals surface area contributed by atoms with Gasteiger partial charge in [-0.15, -0.1) is 0 Å². The topological polar surface area (TPSA) is 58.0 Å². The van der Waals surface area contributed by atoms with Gasteiger partial charge in [0.1, 0.15) is 0 Å². The fraction of sp³-hybridized carbons (Fsp3) is 0.636. The Morgan fingerprint density at radius 1 is 1.40 bits per heavy atom. The van der Waals surface area contributed by atoms with Crippen LogP contribution in [0.5, 0.6) is 0 Å². The zero-order chi connectivity index (χ0) is 10.7. The summed E-state index contributed by atoms with van der Waals surface area (Å²) in [4.78, 5) is 8.35. The maximum atomic E-state index is 9.37. The second kappa shape index (κ2) is 4.57. The molecule has 4 heteroatoms. The first kappa shape index (κ1) is 10.4. The summed E-state index contributed by atoms with van der Waals surface area (Å²) in [6.07, 6.45) is 6.44. The van der Waals surface area contributed by atoms with Crippen LogP contribution in [-0.4, -0.2) is 27.7 Å². The van der Waals surface area contributed by atoms with E-state index in [2.05, 4.69) is 15.3 Å². The van der Waals surface area contributed by atoms with Crippen molar-refractivity contribution in [1.82, 2.24) is 9.97 Å². The lowest BCUT2D eigenvalue weighted by Crippen LogP contribution is -2.14. The molecule has 0 aromatic carbocycles. The SMILES string of the molecule is Cc1cnc(NCC2CCC(O)C2)nc1. The maximum absolute atomic E-state index is 9.37. The van der Waals surface area contributed by atoms with Crippen molar-refractivity contribution in [2.24, 2.45) is 5.92 Å². The number of anilines is 1. The Bertz CT molecular complexity index is 312. The van der Waals surface area contributed by atoms with Crippen molar-refractivity contribution >= 4 is 5.95 Å². The van der Waals surface area contributed by atoms with E-state index in [-0.39, 0.29) is 6.10 Å². The van der Waals surface area contributed by atoms with Crippen LogP contribution in [0.2, 0.25) is 0 Å². The molecule has 0 radical (unpaired) electrons. The van der Waals surface area contributed by atoms with Crippen LogP contribution >= 0.6 is 0 Å². The van der Waals surface area contributed by atoms with Crippen LogP contribution in [0.3, 0.4) is 0 Å². The van der Waals surface area contributed by atoms with Gasteiger partial charge in [-0.3, -0.25) is 0 Å². The number of rotatable bonds is 3. The lowest BCUT2D eigenvalue weighted by atomic mass is 10.1. The molecule has 1 fully saturated rings. The molecule has 2 unspecified atom stereocenters. The molecule has 0 amide bonds. The minimum Gasteiger partial charge on any atom is -0.393 e. The fourth-order valence-corrected chi connectivity index (χ4v) is 1.95. The third-order valence-electron chi connectivity index (χ3n) is 2.84. The molecule has 1 aromatic rings. The smallest absolute Gasteiger partial charge is 0.222 e. The molecule has 1 heterocycles. The highest BCUT2D eigenvalue weighted by molar-refractivity contribution is 5.24. The first-order valence-corrected chi connectivity index (χ1v) is 5.44. The van der Waals surface area contributed by atoms with Gasteiger partial charge < -0.3 is 10.4 Å². The van der Waals surface area contributed by atoms with E-state index >= 15 is 0 Å². The van der Waals surface area contributed by atoms with Crippen molar-refractivity contribution in [2.45, 2.75) is 32.3 Å². The van der Waals surface area contributed by atoms with Crippen molar-refractivity contribution in [3.63, 3.8) is 0 Å². The number of aromatic nitrogens is 2. The third kappa shape index (κ3) is 2.89. The van der Waals surface area contributed by atoms with Crippen molar-refractivity contribution in [2.75, 3.05) is 11.9 Å². The Morgan fingerprint density at radius 2 is 2.13 bits per heavy atom. The number of hydrogen-bond acceptors (Lipinski definition) is 4. The minimum absolute atomic E-state index is 0.101. The first-order chi connectivity index (χ1) is 7.24. The van der Waals surface area contributed by atoms with E-state index in [4.69, 9.17) is 0 Å². The quantitative estimate of drug-likeness (QED) is 0.785. The number of hydrogen-bond donors (Lipinski definition) is 2. The molecule has 0 bridgehead atoms. The predicted octanol–water partition coefficient (Wildman–Crippen LogP) is 1.36. The number of aryl methyl sites for hydroxylation is 1. The standard InChI is InChI=1S/C11H17N3O/c1-8-5-12-11(13-6-8)14-7-9-2-3-10(15)4-9/h5-6,9-10,15H,2-4,7H2,1H3,(H,12,13,14). The van der Waals surface area contributed by atoms with Crippen LogP contribution in [0.15, 0.2) is 12.4 Å². The van der Waals surface area contributed by atoms with E-state index in [1.54, 1.807) is 12.4 Å². The molecule has 15 heavy (non-hydrogen) atoms. The van der Waals surface area contributed by atoms with Crippen LogP contribution in [0, 0.1) is 12.8 Å². The summed E-state index contributed by atoms with van der Waals surface area (Å²) in [5.74, 6) is 1.24. The van der Waals surface area contributed by atoms with Gasteiger partial charge in [-0.2, -0.15) is 0 Å². The van der Waals surface area contributed by atoms with E-state index < -0.39 is 0 Å². The van der Waals surface area contributed by atoms with Gasteiger partial charge in [0.2, 0.25) is 5.95 Å². The van der Waals surface area contributed by atoms with E-state index in [1.165, 1.54) is 0 Å². The van der Waals surface area contributed by atoms with Gasteiger partial charge in [0.05, 0.1) is 6.10 Å². The Morgan fingerprint density at radius 3 is 2.73 bits per heavy atom. The van der Waals surface area contributed by atoms with Crippen LogP contribution in [-0.2, 0) is 0 Å². The van der Waals surface area contributed by atoms with E-state index in [1.807, 2.05) is 6.92 Å². The van der Waals surface area contributed by atoms with Crippen molar-refractivity contribution < 1.29 is 5.11 Å². The molecule has 1 aliphatic carbocycles. The second-order valence-electron chi connectivity index (χ2n) is 4.30. The van der Waals surface area contributed by atoms with Gasteiger partial charge in [-0.1, -0.05) is 0 Å². The van der Waals surface area contributed by atoms with Gasteiger partial charge in [0.15, 0.2) is 0 Å². The molecular weight excluding hydrogens is 190 g/mol. The van der Waals surface area contributed by atoms with Gasteiger partial charge in [0, 0.05) is 18.9 Å². The van der Waals surface area contributed by atoms with E-state index in [0.717, 1.165) is 31.4 Å². The van der Waals surface area contributed by atoms with Crippen LogP contribution in [0.25, 0.3) is 0 Å². The monoisotopic (exact) mass is 207 g/mol.